The molecule has 1 atom stereocenters. The Labute approximate surface area is 145 Å². The van der Waals surface area contributed by atoms with Gasteiger partial charge in [-0.15, -0.1) is 0 Å². The zero-order chi connectivity index (χ0) is 17.2. The van der Waals surface area contributed by atoms with Crippen molar-refractivity contribution in [2.75, 3.05) is 13.1 Å². The fourth-order valence-corrected chi connectivity index (χ4v) is 5.32. The van der Waals surface area contributed by atoms with Gasteiger partial charge in [0.15, 0.2) is 0 Å². The number of nitrogens with zero attached hydrogens (tertiary/aromatic N) is 3. The summed E-state index contributed by atoms with van der Waals surface area (Å²) in [6.45, 7) is 2.97. The molecule has 3 rings (SSSR count). The molecule has 1 aromatic carbocycles. The summed E-state index contributed by atoms with van der Waals surface area (Å²) >= 11 is 0.984. The Hall–Kier alpha value is -1.58. The van der Waals surface area contributed by atoms with Gasteiger partial charge in [-0.05, 0) is 31.4 Å². The number of sulfonamides is 1. The van der Waals surface area contributed by atoms with Gasteiger partial charge in [0, 0.05) is 13.1 Å². The van der Waals surface area contributed by atoms with Gasteiger partial charge in [0.05, 0.1) is 11.7 Å². The molecule has 130 valence electrons. The number of amides is 1. The molecule has 2 heterocycles. The lowest BCUT2D eigenvalue weighted by Gasteiger charge is -2.23. The van der Waals surface area contributed by atoms with Crippen molar-refractivity contribution >= 4 is 38.7 Å². The first-order valence-corrected chi connectivity index (χ1v) is 10.2. The maximum Gasteiger partial charge on any atom is 0.246 e. The van der Waals surface area contributed by atoms with E-state index >= 15 is 0 Å². The molecule has 0 bridgehead atoms. The first kappa shape index (κ1) is 17.2. The molecule has 7 nitrogen and oxygen atoms in total. The van der Waals surface area contributed by atoms with Crippen LogP contribution in [0.4, 0.5) is 0 Å². The van der Waals surface area contributed by atoms with Gasteiger partial charge in [0.2, 0.25) is 15.9 Å². The maximum atomic E-state index is 13.1. The zero-order valence-corrected chi connectivity index (χ0v) is 15.1. The van der Waals surface area contributed by atoms with E-state index in [0.29, 0.717) is 37.0 Å². The molecule has 0 aliphatic carbocycles. The standard InChI is InChI=1S/C15H20N4O3S2/c1-2-3-9-16-15(20)12-7-5-10-19(12)24(21,22)13-8-4-6-11-14(13)18-23-17-11/h4,6,8,12H,2-3,5,7,9-10H2,1H3,(H,16,20)/t12-/m1/s1. The number of carbonyl (C=O) groups is 1. The predicted molar refractivity (Wildman–Crippen MR) is 92.2 cm³/mol. The predicted octanol–water partition coefficient (Wildman–Crippen LogP) is 1.76. The number of nitrogens with one attached hydrogen (secondary N) is 1. The number of aromatic nitrogens is 2. The fourth-order valence-electron chi connectivity index (χ4n) is 2.91. The number of rotatable bonds is 6. The minimum absolute atomic E-state index is 0.127. The van der Waals surface area contributed by atoms with Crippen LogP contribution in [0.2, 0.25) is 0 Å². The molecule has 0 unspecified atom stereocenters. The highest BCUT2D eigenvalue weighted by molar-refractivity contribution is 7.89. The summed E-state index contributed by atoms with van der Waals surface area (Å²) in [6, 6.07) is 4.28. The Bertz CT molecular complexity index is 834. The number of carbonyl (C=O) groups excluding carboxylic acids is 1. The molecule has 0 saturated carbocycles. The van der Waals surface area contributed by atoms with E-state index in [1.54, 1.807) is 12.1 Å². The van der Waals surface area contributed by atoms with E-state index in [1.807, 2.05) is 6.92 Å². The molecule has 1 amide bonds. The number of fused-ring (bicyclic) bond motifs is 1. The summed E-state index contributed by atoms with van der Waals surface area (Å²) in [6.07, 6.45) is 3.08. The van der Waals surface area contributed by atoms with Gasteiger partial charge in [0.1, 0.15) is 22.0 Å². The molecule has 1 saturated heterocycles. The quantitative estimate of drug-likeness (QED) is 0.785. The third-order valence-electron chi connectivity index (χ3n) is 4.17. The summed E-state index contributed by atoms with van der Waals surface area (Å²) < 4.78 is 35.7. The molecule has 24 heavy (non-hydrogen) atoms. The summed E-state index contributed by atoms with van der Waals surface area (Å²) in [5.74, 6) is -0.215. The van der Waals surface area contributed by atoms with Crippen LogP contribution in [-0.4, -0.2) is 46.5 Å². The SMILES string of the molecule is CCCCNC(=O)[C@H]1CCCN1S(=O)(=O)c1cccc2nsnc12. The van der Waals surface area contributed by atoms with E-state index in [0.717, 1.165) is 24.6 Å². The molecule has 0 spiro atoms. The van der Waals surface area contributed by atoms with Crippen molar-refractivity contribution in [2.45, 2.75) is 43.5 Å². The van der Waals surface area contributed by atoms with Crippen molar-refractivity contribution in [1.29, 1.82) is 0 Å². The number of benzene rings is 1. The fraction of sp³-hybridized carbons (Fsp3) is 0.533. The summed E-state index contributed by atoms with van der Waals surface area (Å²) in [5, 5.41) is 2.84. The van der Waals surface area contributed by atoms with Crippen LogP contribution in [0.5, 0.6) is 0 Å². The highest BCUT2D eigenvalue weighted by atomic mass is 32.2. The first-order valence-electron chi connectivity index (χ1n) is 8.06. The Balaban J connectivity index is 1.88. The molecule has 1 aliphatic heterocycles. The van der Waals surface area contributed by atoms with Crippen molar-refractivity contribution in [1.82, 2.24) is 18.4 Å². The third kappa shape index (κ3) is 3.15. The highest BCUT2D eigenvalue weighted by Gasteiger charge is 2.40. The van der Waals surface area contributed by atoms with E-state index in [9.17, 15) is 13.2 Å². The molecule has 1 aliphatic rings. The Kier molecular flexibility index (Phi) is 5.12. The topological polar surface area (TPSA) is 92.3 Å². The monoisotopic (exact) mass is 368 g/mol. The molecule has 0 radical (unpaired) electrons. The van der Waals surface area contributed by atoms with Crippen LogP contribution in [0.3, 0.4) is 0 Å². The van der Waals surface area contributed by atoms with Gasteiger partial charge in [0.25, 0.3) is 0 Å². The minimum Gasteiger partial charge on any atom is -0.355 e. The van der Waals surface area contributed by atoms with E-state index in [2.05, 4.69) is 14.1 Å². The molecular formula is C15H20N4O3S2. The number of hydrogen-bond donors (Lipinski definition) is 1. The van der Waals surface area contributed by atoms with E-state index in [-0.39, 0.29) is 10.8 Å². The first-order chi connectivity index (χ1) is 11.6. The van der Waals surface area contributed by atoms with Crippen molar-refractivity contribution in [3.05, 3.63) is 18.2 Å². The zero-order valence-electron chi connectivity index (χ0n) is 13.4. The number of hydrogen-bond acceptors (Lipinski definition) is 6. The van der Waals surface area contributed by atoms with Gasteiger partial charge in [-0.2, -0.15) is 13.1 Å². The lowest BCUT2D eigenvalue weighted by Crippen LogP contribution is -2.46. The van der Waals surface area contributed by atoms with Gasteiger partial charge in [-0.1, -0.05) is 19.4 Å². The van der Waals surface area contributed by atoms with Crippen molar-refractivity contribution < 1.29 is 13.2 Å². The van der Waals surface area contributed by atoms with Crippen LogP contribution >= 0.6 is 11.7 Å². The smallest absolute Gasteiger partial charge is 0.246 e. The largest absolute Gasteiger partial charge is 0.355 e. The normalized spacial score (nSPS) is 19.0. The molecule has 9 heteroatoms. The van der Waals surface area contributed by atoms with Crippen molar-refractivity contribution in [3.63, 3.8) is 0 Å². The van der Waals surface area contributed by atoms with Gasteiger partial charge in [-0.3, -0.25) is 4.79 Å². The number of unbranched alkanes of at least 4 members (excludes halogenated alkanes) is 1. The van der Waals surface area contributed by atoms with Crippen molar-refractivity contribution in [3.8, 4) is 0 Å². The lowest BCUT2D eigenvalue weighted by molar-refractivity contribution is -0.124. The van der Waals surface area contributed by atoms with Crippen LogP contribution in [0.1, 0.15) is 32.6 Å². The average Bonchev–Trinajstić information content (AvgIpc) is 3.23. The van der Waals surface area contributed by atoms with Crippen LogP contribution in [0, 0.1) is 0 Å². The molecule has 1 N–H and O–H groups in total. The second-order valence-electron chi connectivity index (χ2n) is 5.81. The summed E-state index contributed by atoms with van der Waals surface area (Å²) in [7, 11) is -3.78. The van der Waals surface area contributed by atoms with E-state index in [1.165, 1.54) is 10.4 Å². The molecule has 2 aromatic rings. The highest BCUT2D eigenvalue weighted by Crippen LogP contribution is 2.29. The van der Waals surface area contributed by atoms with Gasteiger partial charge < -0.3 is 5.32 Å². The average molecular weight is 368 g/mol. The molecule has 1 aromatic heterocycles. The second-order valence-corrected chi connectivity index (χ2v) is 8.19. The second kappa shape index (κ2) is 7.12. The van der Waals surface area contributed by atoms with Crippen LogP contribution in [-0.2, 0) is 14.8 Å². The molecule has 1 fully saturated rings. The van der Waals surface area contributed by atoms with Gasteiger partial charge in [-0.25, -0.2) is 8.42 Å². The maximum absolute atomic E-state index is 13.1. The van der Waals surface area contributed by atoms with E-state index < -0.39 is 16.1 Å². The minimum atomic E-state index is -3.78. The van der Waals surface area contributed by atoms with Gasteiger partial charge >= 0.3 is 0 Å². The third-order valence-corrected chi connectivity index (χ3v) is 6.65. The van der Waals surface area contributed by atoms with Crippen LogP contribution < -0.4 is 5.32 Å². The van der Waals surface area contributed by atoms with E-state index in [4.69, 9.17) is 0 Å². The lowest BCUT2D eigenvalue weighted by atomic mass is 10.2. The Morgan fingerprint density at radius 2 is 2.25 bits per heavy atom. The molecular weight excluding hydrogens is 348 g/mol. The van der Waals surface area contributed by atoms with Crippen LogP contribution in [0.15, 0.2) is 23.1 Å². The summed E-state index contributed by atoms with van der Waals surface area (Å²) in [4.78, 5) is 12.5. The van der Waals surface area contributed by atoms with Crippen LogP contribution in [0.25, 0.3) is 11.0 Å². The summed E-state index contributed by atoms with van der Waals surface area (Å²) in [5.41, 5.74) is 0.934. The Morgan fingerprint density at radius 3 is 3.04 bits per heavy atom. The Morgan fingerprint density at radius 1 is 1.42 bits per heavy atom. The van der Waals surface area contributed by atoms with Crippen molar-refractivity contribution in [2.24, 2.45) is 0 Å².